The first-order valence-corrected chi connectivity index (χ1v) is 7.79. The smallest absolute Gasteiger partial charge is 0.225 e. The molecule has 0 aliphatic carbocycles. The summed E-state index contributed by atoms with van der Waals surface area (Å²) in [7, 11) is -3.21. The highest BCUT2D eigenvalue weighted by molar-refractivity contribution is 7.91. The molecule has 7 heteroatoms. The van der Waals surface area contributed by atoms with E-state index in [-0.39, 0.29) is 10.6 Å². The lowest BCUT2D eigenvalue weighted by molar-refractivity contribution is 0.577. The number of sulfone groups is 1. The Labute approximate surface area is 107 Å². The molecule has 2 rings (SSSR count). The van der Waals surface area contributed by atoms with Gasteiger partial charge in [-0.2, -0.15) is 0 Å². The summed E-state index contributed by atoms with van der Waals surface area (Å²) in [5, 5.41) is 3.24. The topological polar surface area (TPSA) is 75.2 Å². The zero-order valence-corrected chi connectivity index (χ0v) is 11.3. The largest absolute Gasteiger partial charge is 0.338 e. The summed E-state index contributed by atoms with van der Waals surface area (Å²) >= 11 is 0. The minimum Gasteiger partial charge on any atom is -0.338 e. The van der Waals surface area contributed by atoms with E-state index in [2.05, 4.69) is 15.3 Å². The molecule has 0 saturated carbocycles. The maximum atomic E-state index is 11.8. The second-order valence-electron chi connectivity index (χ2n) is 4.27. The van der Waals surface area contributed by atoms with Crippen LogP contribution in [0.1, 0.15) is 13.3 Å². The Morgan fingerprint density at radius 2 is 1.89 bits per heavy atom. The summed E-state index contributed by atoms with van der Waals surface area (Å²) in [6.07, 6.45) is 3.42. The standard InChI is InChI=1S/C11H18N4O2S/c1-2-7-18(16,17)10-8-13-11(14-9-10)15-5-3-12-4-6-15/h8-9,12H,2-7H2,1H3. The van der Waals surface area contributed by atoms with Gasteiger partial charge in [-0.3, -0.25) is 0 Å². The Morgan fingerprint density at radius 1 is 1.28 bits per heavy atom. The summed E-state index contributed by atoms with van der Waals surface area (Å²) < 4.78 is 23.6. The number of aromatic nitrogens is 2. The van der Waals surface area contributed by atoms with Gasteiger partial charge in [0.15, 0.2) is 9.84 Å². The van der Waals surface area contributed by atoms with E-state index in [0.717, 1.165) is 26.2 Å². The van der Waals surface area contributed by atoms with Crippen molar-refractivity contribution < 1.29 is 8.42 Å². The first-order chi connectivity index (χ1) is 8.63. The average molecular weight is 270 g/mol. The van der Waals surface area contributed by atoms with Crippen LogP contribution in [0.5, 0.6) is 0 Å². The molecule has 0 aromatic carbocycles. The number of nitrogens with one attached hydrogen (secondary N) is 1. The van der Waals surface area contributed by atoms with Crippen molar-refractivity contribution in [1.29, 1.82) is 0 Å². The first kappa shape index (κ1) is 13.2. The van der Waals surface area contributed by atoms with E-state index in [1.807, 2.05) is 11.8 Å². The quantitative estimate of drug-likeness (QED) is 0.834. The molecule has 18 heavy (non-hydrogen) atoms. The van der Waals surface area contributed by atoms with Crippen molar-refractivity contribution in [2.24, 2.45) is 0 Å². The van der Waals surface area contributed by atoms with Crippen molar-refractivity contribution in [1.82, 2.24) is 15.3 Å². The molecular formula is C11H18N4O2S. The van der Waals surface area contributed by atoms with Gasteiger partial charge in [0.1, 0.15) is 4.90 Å². The average Bonchev–Trinajstić information content (AvgIpc) is 2.40. The summed E-state index contributed by atoms with van der Waals surface area (Å²) in [5.74, 6) is 0.746. The van der Waals surface area contributed by atoms with Crippen molar-refractivity contribution >= 4 is 15.8 Å². The monoisotopic (exact) mass is 270 g/mol. The van der Waals surface area contributed by atoms with Crippen LogP contribution in [0.3, 0.4) is 0 Å². The van der Waals surface area contributed by atoms with Gasteiger partial charge in [-0.15, -0.1) is 0 Å². The molecule has 0 spiro atoms. The van der Waals surface area contributed by atoms with Crippen molar-refractivity contribution in [2.45, 2.75) is 18.2 Å². The highest BCUT2D eigenvalue weighted by Crippen LogP contribution is 2.13. The molecule has 0 radical (unpaired) electrons. The van der Waals surface area contributed by atoms with Crippen molar-refractivity contribution in [2.75, 3.05) is 36.8 Å². The SMILES string of the molecule is CCCS(=O)(=O)c1cnc(N2CCNCC2)nc1. The van der Waals surface area contributed by atoms with Gasteiger partial charge >= 0.3 is 0 Å². The van der Waals surface area contributed by atoms with Gasteiger partial charge in [0, 0.05) is 26.2 Å². The molecular weight excluding hydrogens is 252 g/mol. The van der Waals surface area contributed by atoms with Crippen LogP contribution < -0.4 is 10.2 Å². The fourth-order valence-corrected chi connectivity index (χ4v) is 3.08. The fourth-order valence-electron chi connectivity index (χ4n) is 1.88. The maximum Gasteiger partial charge on any atom is 0.225 e. The molecule has 1 fully saturated rings. The van der Waals surface area contributed by atoms with Crippen LogP contribution >= 0.6 is 0 Å². The van der Waals surface area contributed by atoms with Gasteiger partial charge in [0.2, 0.25) is 5.95 Å². The number of hydrogen-bond acceptors (Lipinski definition) is 6. The van der Waals surface area contributed by atoms with Crippen LogP contribution in [0.2, 0.25) is 0 Å². The Morgan fingerprint density at radius 3 is 2.44 bits per heavy atom. The second-order valence-corrected chi connectivity index (χ2v) is 6.38. The molecule has 1 aromatic heterocycles. The third-order valence-corrected chi connectivity index (χ3v) is 4.72. The van der Waals surface area contributed by atoms with E-state index in [0.29, 0.717) is 12.4 Å². The Balaban J connectivity index is 2.14. The fraction of sp³-hybridized carbons (Fsp3) is 0.636. The van der Waals surface area contributed by atoms with Crippen LogP contribution in [0, 0.1) is 0 Å². The minimum atomic E-state index is -3.21. The van der Waals surface area contributed by atoms with Gasteiger partial charge < -0.3 is 10.2 Å². The van der Waals surface area contributed by atoms with Gasteiger partial charge in [-0.05, 0) is 6.42 Å². The van der Waals surface area contributed by atoms with Crippen LogP contribution in [-0.4, -0.2) is 50.3 Å². The molecule has 1 saturated heterocycles. The third-order valence-electron chi connectivity index (χ3n) is 2.85. The van der Waals surface area contributed by atoms with Crippen LogP contribution in [-0.2, 0) is 9.84 Å². The lowest BCUT2D eigenvalue weighted by Crippen LogP contribution is -2.44. The third kappa shape index (κ3) is 2.97. The summed E-state index contributed by atoms with van der Waals surface area (Å²) in [6, 6.07) is 0. The maximum absolute atomic E-state index is 11.8. The number of rotatable bonds is 4. The lowest BCUT2D eigenvalue weighted by Gasteiger charge is -2.27. The highest BCUT2D eigenvalue weighted by atomic mass is 32.2. The molecule has 100 valence electrons. The normalized spacial score (nSPS) is 16.8. The van der Waals surface area contributed by atoms with Crippen LogP contribution in [0.25, 0.3) is 0 Å². The van der Waals surface area contributed by atoms with Crippen LogP contribution in [0.4, 0.5) is 5.95 Å². The molecule has 0 atom stereocenters. The van der Waals surface area contributed by atoms with E-state index >= 15 is 0 Å². The number of anilines is 1. The van der Waals surface area contributed by atoms with E-state index in [4.69, 9.17) is 0 Å². The summed E-state index contributed by atoms with van der Waals surface area (Å²) in [4.78, 5) is 10.6. The Bertz CT molecular complexity index is 480. The number of nitrogens with zero attached hydrogens (tertiary/aromatic N) is 3. The van der Waals surface area contributed by atoms with E-state index in [9.17, 15) is 8.42 Å². The molecule has 1 aliphatic rings. The Hall–Kier alpha value is -1.21. The first-order valence-electron chi connectivity index (χ1n) is 6.14. The molecule has 6 nitrogen and oxygen atoms in total. The summed E-state index contributed by atoms with van der Waals surface area (Å²) in [6.45, 7) is 5.34. The predicted molar refractivity (Wildman–Crippen MR) is 69.5 cm³/mol. The van der Waals surface area contributed by atoms with Crippen molar-refractivity contribution in [3.8, 4) is 0 Å². The molecule has 0 amide bonds. The Kier molecular flexibility index (Phi) is 4.13. The van der Waals surface area contributed by atoms with Gasteiger partial charge in [-0.25, -0.2) is 18.4 Å². The molecule has 2 heterocycles. The van der Waals surface area contributed by atoms with Crippen LogP contribution in [0.15, 0.2) is 17.3 Å². The zero-order chi connectivity index (χ0) is 13.0. The van der Waals surface area contributed by atoms with Gasteiger partial charge in [0.25, 0.3) is 0 Å². The summed E-state index contributed by atoms with van der Waals surface area (Å²) in [5.41, 5.74) is 0. The zero-order valence-electron chi connectivity index (χ0n) is 10.5. The van der Waals surface area contributed by atoms with Crippen molar-refractivity contribution in [3.63, 3.8) is 0 Å². The van der Waals surface area contributed by atoms with E-state index < -0.39 is 9.84 Å². The molecule has 1 aliphatic heterocycles. The second kappa shape index (κ2) is 5.62. The van der Waals surface area contributed by atoms with E-state index in [1.54, 1.807) is 0 Å². The highest BCUT2D eigenvalue weighted by Gasteiger charge is 2.17. The van der Waals surface area contributed by atoms with Gasteiger partial charge in [-0.1, -0.05) is 6.92 Å². The molecule has 1 aromatic rings. The molecule has 0 bridgehead atoms. The number of piperazine rings is 1. The minimum absolute atomic E-state index is 0.142. The predicted octanol–water partition coefficient (Wildman–Crippen LogP) is 0.0699. The van der Waals surface area contributed by atoms with Crippen molar-refractivity contribution in [3.05, 3.63) is 12.4 Å². The lowest BCUT2D eigenvalue weighted by atomic mass is 10.4. The molecule has 1 N–H and O–H groups in total. The van der Waals surface area contributed by atoms with E-state index in [1.165, 1.54) is 12.4 Å². The number of hydrogen-bond donors (Lipinski definition) is 1. The van der Waals surface area contributed by atoms with Gasteiger partial charge in [0.05, 0.1) is 18.1 Å². The molecule has 0 unspecified atom stereocenters.